The lowest BCUT2D eigenvalue weighted by Gasteiger charge is -2.37. The Kier molecular flexibility index (Phi) is 5.81. The van der Waals surface area contributed by atoms with Gasteiger partial charge >= 0.3 is 0 Å². The fourth-order valence-electron chi connectivity index (χ4n) is 3.91. The third-order valence-corrected chi connectivity index (χ3v) is 6.24. The summed E-state index contributed by atoms with van der Waals surface area (Å²) in [6.45, 7) is 3.22. The maximum absolute atomic E-state index is 13.4. The molecule has 0 fully saturated rings. The third kappa shape index (κ3) is 3.98. The fraction of sp³-hybridized carbons (Fsp3) is 0.304. The van der Waals surface area contributed by atoms with Gasteiger partial charge in [-0.15, -0.1) is 11.3 Å². The summed E-state index contributed by atoms with van der Waals surface area (Å²) in [5.41, 5.74) is 2.29. The summed E-state index contributed by atoms with van der Waals surface area (Å²) in [4.78, 5) is 31.0. The van der Waals surface area contributed by atoms with Gasteiger partial charge in [-0.2, -0.15) is 0 Å². The summed E-state index contributed by atoms with van der Waals surface area (Å²) >= 11 is 1.75. The van der Waals surface area contributed by atoms with Crippen molar-refractivity contribution in [2.24, 2.45) is 0 Å². The minimum Gasteiger partial charge on any atom is -0.459 e. The maximum atomic E-state index is 13.4. The average Bonchev–Trinajstić information content (AvgIpc) is 3.44. The lowest BCUT2D eigenvalue weighted by Crippen LogP contribution is -2.47. The Labute approximate surface area is 174 Å². The van der Waals surface area contributed by atoms with E-state index in [1.54, 1.807) is 28.4 Å². The lowest BCUT2D eigenvalue weighted by molar-refractivity contribution is -0.134. The smallest absolute Gasteiger partial charge is 0.290 e. The van der Waals surface area contributed by atoms with E-state index in [4.69, 9.17) is 4.42 Å². The summed E-state index contributed by atoms with van der Waals surface area (Å²) in [6.07, 6.45) is 3.10. The van der Waals surface area contributed by atoms with Crippen LogP contribution in [0.25, 0.3) is 0 Å². The molecule has 5 nitrogen and oxygen atoms in total. The Hall–Kier alpha value is -2.86. The monoisotopic (exact) mass is 408 g/mol. The number of carbonyl (C=O) groups excluding carboxylic acids is 2. The molecule has 0 radical (unpaired) electrons. The summed E-state index contributed by atoms with van der Waals surface area (Å²) < 4.78 is 5.26. The van der Waals surface area contributed by atoms with Gasteiger partial charge in [-0.25, -0.2) is 0 Å². The van der Waals surface area contributed by atoms with Gasteiger partial charge in [0.25, 0.3) is 5.91 Å². The highest BCUT2D eigenvalue weighted by atomic mass is 32.1. The van der Waals surface area contributed by atoms with Crippen molar-refractivity contribution < 1.29 is 14.0 Å². The van der Waals surface area contributed by atoms with Crippen molar-refractivity contribution in [1.29, 1.82) is 0 Å². The van der Waals surface area contributed by atoms with E-state index < -0.39 is 0 Å². The first kappa shape index (κ1) is 19.5. The number of thiophene rings is 1. The fourth-order valence-corrected chi connectivity index (χ4v) is 4.82. The molecule has 150 valence electrons. The number of rotatable bonds is 6. The highest BCUT2D eigenvalue weighted by molar-refractivity contribution is 7.10. The second-order valence-corrected chi connectivity index (χ2v) is 8.15. The van der Waals surface area contributed by atoms with Crippen molar-refractivity contribution in [3.05, 3.63) is 81.9 Å². The molecular weight excluding hydrogens is 384 g/mol. The number of hydrogen-bond donors (Lipinski definition) is 0. The molecule has 0 saturated carbocycles. The van der Waals surface area contributed by atoms with E-state index in [0.29, 0.717) is 13.1 Å². The zero-order valence-corrected chi connectivity index (χ0v) is 17.2. The molecule has 1 aliphatic rings. The van der Waals surface area contributed by atoms with Crippen LogP contribution < -0.4 is 0 Å². The van der Waals surface area contributed by atoms with Crippen LogP contribution in [0.2, 0.25) is 0 Å². The minimum atomic E-state index is -0.241. The van der Waals surface area contributed by atoms with Crippen molar-refractivity contribution in [3.8, 4) is 0 Å². The van der Waals surface area contributed by atoms with Crippen LogP contribution in [0.4, 0.5) is 0 Å². The predicted molar refractivity (Wildman–Crippen MR) is 113 cm³/mol. The van der Waals surface area contributed by atoms with E-state index in [1.165, 1.54) is 16.7 Å². The molecule has 1 aromatic carbocycles. The molecule has 0 N–H and O–H groups in total. The van der Waals surface area contributed by atoms with Gasteiger partial charge in [0.2, 0.25) is 5.91 Å². The van der Waals surface area contributed by atoms with Crippen LogP contribution in [0.1, 0.15) is 45.9 Å². The molecule has 1 atom stereocenters. The zero-order chi connectivity index (χ0) is 20.2. The van der Waals surface area contributed by atoms with E-state index in [1.807, 2.05) is 30.0 Å². The minimum absolute atomic E-state index is 0.0379. The molecule has 0 saturated heterocycles. The number of fused-ring (bicyclic) bond motifs is 1. The van der Waals surface area contributed by atoms with Crippen molar-refractivity contribution in [2.75, 3.05) is 19.6 Å². The molecule has 1 aliphatic heterocycles. The Morgan fingerprint density at radius 1 is 1.17 bits per heavy atom. The van der Waals surface area contributed by atoms with E-state index >= 15 is 0 Å². The van der Waals surface area contributed by atoms with E-state index in [9.17, 15) is 9.59 Å². The van der Waals surface area contributed by atoms with Gasteiger partial charge in [-0.3, -0.25) is 9.59 Å². The molecule has 6 heteroatoms. The van der Waals surface area contributed by atoms with E-state index in [-0.39, 0.29) is 30.2 Å². The van der Waals surface area contributed by atoms with E-state index in [0.717, 1.165) is 18.4 Å². The van der Waals surface area contributed by atoms with Crippen LogP contribution in [0.15, 0.2) is 64.6 Å². The first-order chi connectivity index (χ1) is 14.2. The second kappa shape index (κ2) is 8.66. The first-order valence-electron chi connectivity index (χ1n) is 9.92. The molecular formula is C23H24N2O3S. The maximum Gasteiger partial charge on any atom is 0.290 e. The van der Waals surface area contributed by atoms with Crippen LogP contribution in [0, 0.1) is 0 Å². The van der Waals surface area contributed by atoms with Gasteiger partial charge in [0.1, 0.15) is 6.54 Å². The topological polar surface area (TPSA) is 53.8 Å². The lowest BCUT2D eigenvalue weighted by atomic mass is 9.93. The van der Waals surface area contributed by atoms with Crippen LogP contribution in [-0.2, 0) is 11.2 Å². The summed E-state index contributed by atoms with van der Waals surface area (Å²) in [7, 11) is 0. The number of benzene rings is 1. The third-order valence-electron chi connectivity index (χ3n) is 5.24. The number of furan rings is 1. The number of nitrogens with zero attached hydrogens (tertiary/aromatic N) is 2. The summed E-state index contributed by atoms with van der Waals surface area (Å²) in [5, 5.41) is 2.10. The Balaban J connectivity index is 1.60. The number of carbonyl (C=O) groups is 2. The largest absolute Gasteiger partial charge is 0.459 e. The van der Waals surface area contributed by atoms with Gasteiger partial charge in [-0.05, 0) is 47.5 Å². The molecule has 3 heterocycles. The van der Waals surface area contributed by atoms with Gasteiger partial charge in [0.15, 0.2) is 5.76 Å². The van der Waals surface area contributed by atoms with E-state index in [2.05, 4.69) is 23.6 Å². The standard InChI is InChI=1S/C23H24N2O3S/c1-2-12-24(23(27)19-9-6-14-28-19)16-21(26)25-13-10-20-18(11-15-29-20)22(25)17-7-4-3-5-8-17/h3-9,11,14-15,22H,2,10,12-13,16H2,1H3/t22-/m1/s1. The SMILES string of the molecule is CCCN(CC(=O)N1CCc2sccc2[C@H]1c1ccccc1)C(=O)c1ccco1. The molecule has 2 amide bonds. The number of amides is 2. The molecule has 0 unspecified atom stereocenters. The van der Waals surface area contributed by atoms with Gasteiger partial charge in [0.05, 0.1) is 12.3 Å². The normalized spacial score (nSPS) is 15.8. The summed E-state index contributed by atoms with van der Waals surface area (Å²) in [6, 6.07) is 15.5. The molecule has 2 aromatic heterocycles. The number of hydrogen-bond acceptors (Lipinski definition) is 4. The zero-order valence-electron chi connectivity index (χ0n) is 16.4. The average molecular weight is 409 g/mol. The van der Waals surface area contributed by atoms with Crippen LogP contribution >= 0.6 is 11.3 Å². The highest BCUT2D eigenvalue weighted by Gasteiger charge is 2.34. The van der Waals surface area contributed by atoms with Crippen LogP contribution in [0.3, 0.4) is 0 Å². The van der Waals surface area contributed by atoms with Crippen molar-refractivity contribution >= 4 is 23.2 Å². The van der Waals surface area contributed by atoms with Gasteiger partial charge < -0.3 is 14.2 Å². The molecule has 0 spiro atoms. The van der Waals surface area contributed by atoms with Gasteiger partial charge in [-0.1, -0.05) is 37.3 Å². The van der Waals surface area contributed by atoms with Crippen LogP contribution in [-0.4, -0.2) is 41.2 Å². The van der Waals surface area contributed by atoms with Crippen molar-refractivity contribution in [3.63, 3.8) is 0 Å². The first-order valence-corrected chi connectivity index (χ1v) is 10.8. The Bertz CT molecular complexity index is 965. The molecule has 3 aromatic rings. The van der Waals surface area contributed by atoms with Crippen LogP contribution in [0.5, 0.6) is 0 Å². The van der Waals surface area contributed by atoms with Crippen molar-refractivity contribution in [2.45, 2.75) is 25.8 Å². The highest BCUT2D eigenvalue weighted by Crippen LogP contribution is 2.37. The van der Waals surface area contributed by atoms with Crippen molar-refractivity contribution in [1.82, 2.24) is 9.80 Å². The van der Waals surface area contributed by atoms with Gasteiger partial charge in [0, 0.05) is 18.0 Å². The predicted octanol–water partition coefficient (Wildman–Crippen LogP) is 4.37. The molecule has 29 heavy (non-hydrogen) atoms. The molecule has 0 aliphatic carbocycles. The molecule has 0 bridgehead atoms. The Morgan fingerprint density at radius 3 is 2.72 bits per heavy atom. The second-order valence-electron chi connectivity index (χ2n) is 7.15. The molecule has 4 rings (SSSR count). The summed E-state index contributed by atoms with van der Waals surface area (Å²) in [5.74, 6) is -0.0108. The Morgan fingerprint density at radius 2 is 2.00 bits per heavy atom. The quantitative estimate of drug-likeness (QED) is 0.609.